The molecule has 0 bridgehead atoms. The Bertz CT molecular complexity index is 1600. The monoisotopic (exact) mass is 688 g/mol. The summed E-state index contributed by atoms with van der Waals surface area (Å²) < 4.78 is 0.824. The molecule has 3 aromatic carbocycles. The molecule has 2 amide bonds. The minimum absolute atomic E-state index is 0.0424. The second-order valence-corrected chi connectivity index (χ2v) is 12.4. The van der Waals surface area contributed by atoms with Crippen molar-refractivity contribution in [3.8, 4) is 0 Å². The Hall–Kier alpha value is -4.03. The number of carbonyl (C=O) groups is 2. The number of piperidine rings is 1. The molecule has 0 radical (unpaired) electrons. The van der Waals surface area contributed by atoms with E-state index in [4.69, 9.17) is 0 Å². The van der Waals surface area contributed by atoms with E-state index in [-0.39, 0.29) is 17.7 Å². The van der Waals surface area contributed by atoms with Crippen molar-refractivity contribution in [1.29, 1.82) is 0 Å². The van der Waals surface area contributed by atoms with Crippen molar-refractivity contribution in [2.75, 3.05) is 29.0 Å². The first kappa shape index (κ1) is 29.1. The first-order valence-electron chi connectivity index (χ1n) is 14.5. The lowest BCUT2D eigenvalue weighted by Crippen LogP contribution is -2.47. The van der Waals surface area contributed by atoms with Gasteiger partial charge in [0.25, 0.3) is 5.91 Å². The summed E-state index contributed by atoms with van der Waals surface area (Å²) in [7, 11) is 0. The maximum absolute atomic E-state index is 13.2. The highest BCUT2D eigenvalue weighted by Gasteiger charge is 2.34. The third-order valence-electron chi connectivity index (χ3n) is 7.88. The molecular formula is C33H33IN6O3. The number of likely N-dealkylation sites (tertiary alicyclic amines) is 1. The highest BCUT2D eigenvalue weighted by molar-refractivity contribution is 14.1. The normalized spacial score (nSPS) is 15.9. The van der Waals surface area contributed by atoms with Gasteiger partial charge in [0.2, 0.25) is 11.9 Å². The summed E-state index contributed by atoms with van der Waals surface area (Å²) in [5.74, 6) is 1.11. The molecule has 1 aromatic heterocycles. The van der Waals surface area contributed by atoms with E-state index in [1.165, 1.54) is 0 Å². The van der Waals surface area contributed by atoms with Gasteiger partial charge in [-0.15, -0.1) is 0 Å². The number of nitrogens with one attached hydrogen (secondary N) is 3. The van der Waals surface area contributed by atoms with Crippen LogP contribution < -0.4 is 16.0 Å². The number of hydrogen-bond acceptors (Lipinski definition) is 7. The SMILES string of the molecule is O=C(Nc1ccccc1Nc1nc(Nc2ccc(C(=O)N3CCC(O)(Cc4ccccc4)CC3)cc2)ncc1I)C1CC1. The maximum atomic E-state index is 13.2. The van der Waals surface area contributed by atoms with Gasteiger partial charge < -0.3 is 26.0 Å². The second-order valence-electron chi connectivity index (χ2n) is 11.2. The third-order valence-corrected chi connectivity index (χ3v) is 8.67. The zero-order valence-electron chi connectivity index (χ0n) is 23.6. The van der Waals surface area contributed by atoms with E-state index in [9.17, 15) is 14.7 Å². The van der Waals surface area contributed by atoms with E-state index < -0.39 is 5.60 Å². The zero-order valence-corrected chi connectivity index (χ0v) is 25.8. The summed E-state index contributed by atoms with van der Waals surface area (Å²) in [5, 5.41) is 20.6. The quantitative estimate of drug-likeness (QED) is 0.156. The molecule has 220 valence electrons. The number of para-hydroxylation sites is 2. The van der Waals surface area contributed by atoms with E-state index in [0.29, 0.717) is 55.4 Å². The Morgan fingerprint density at radius 2 is 1.58 bits per heavy atom. The number of nitrogens with zero attached hydrogens (tertiary/aromatic N) is 3. The van der Waals surface area contributed by atoms with Crippen molar-refractivity contribution < 1.29 is 14.7 Å². The Kier molecular flexibility index (Phi) is 8.57. The number of halogens is 1. The second kappa shape index (κ2) is 12.7. The summed E-state index contributed by atoms with van der Waals surface area (Å²) in [4.78, 5) is 36.4. The van der Waals surface area contributed by atoms with Gasteiger partial charge in [-0.05, 0) is 90.2 Å². The molecule has 0 unspecified atom stereocenters. The number of benzene rings is 3. The van der Waals surface area contributed by atoms with Crippen LogP contribution in [0.2, 0.25) is 0 Å². The molecule has 4 N–H and O–H groups in total. The van der Waals surface area contributed by atoms with E-state index in [2.05, 4.69) is 48.5 Å². The predicted octanol–water partition coefficient (Wildman–Crippen LogP) is 6.13. The molecule has 1 aliphatic carbocycles. The van der Waals surface area contributed by atoms with E-state index in [1.807, 2.05) is 71.6 Å². The van der Waals surface area contributed by atoms with Crippen LogP contribution in [0.15, 0.2) is 85.1 Å². The number of aromatic nitrogens is 2. The van der Waals surface area contributed by atoms with Gasteiger partial charge >= 0.3 is 0 Å². The Morgan fingerprint density at radius 1 is 0.907 bits per heavy atom. The fourth-order valence-corrected chi connectivity index (χ4v) is 5.61. The van der Waals surface area contributed by atoms with Crippen LogP contribution in [0.25, 0.3) is 0 Å². The van der Waals surface area contributed by atoms with Crippen LogP contribution in [0.3, 0.4) is 0 Å². The molecule has 0 atom stereocenters. The summed E-state index contributed by atoms with van der Waals surface area (Å²) in [5.41, 5.74) is 3.11. The first-order chi connectivity index (χ1) is 20.8. The molecular weight excluding hydrogens is 655 g/mol. The fourth-order valence-electron chi connectivity index (χ4n) is 5.21. The zero-order chi connectivity index (χ0) is 29.8. The molecule has 1 aliphatic heterocycles. The van der Waals surface area contributed by atoms with Crippen LogP contribution in [0.5, 0.6) is 0 Å². The van der Waals surface area contributed by atoms with Gasteiger partial charge in [0.05, 0.1) is 20.5 Å². The third kappa shape index (κ3) is 7.31. The Morgan fingerprint density at radius 3 is 2.28 bits per heavy atom. The van der Waals surface area contributed by atoms with E-state index >= 15 is 0 Å². The van der Waals surface area contributed by atoms with Crippen LogP contribution in [0, 0.1) is 9.49 Å². The summed E-state index contributed by atoms with van der Waals surface area (Å²) >= 11 is 2.17. The van der Waals surface area contributed by atoms with E-state index in [1.54, 1.807) is 18.3 Å². The number of hydrogen-bond donors (Lipinski definition) is 4. The van der Waals surface area contributed by atoms with Crippen molar-refractivity contribution in [1.82, 2.24) is 14.9 Å². The van der Waals surface area contributed by atoms with Gasteiger partial charge in [0.1, 0.15) is 5.82 Å². The molecule has 2 aliphatic rings. The number of rotatable bonds is 9. The fraction of sp³-hybridized carbons (Fsp3) is 0.273. The minimum atomic E-state index is -0.792. The standard InChI is InChI=1S/C33H33IN6O3/c34-26-21-35-32(39-29(26)37-27-8-4-5-9-28(27)38-30(41)23-10-11-23)36-25-14-12-24(13-15-25)31(42)40-18-16-33(43,17-19-40)20-22-6-2-1-3-7-22/h1-9,12-15,21,23,43H,10-11,16-20H2,(H,38,41)(H2,35,36,37,39). The first-order valence-corrected chi connectivity index (χ1v) is 15.6. The van der Waals surface area contributed by atoms with Crippen LogP contribution in [0.1, 0.15) is 41.6 Å². The predicted molar refractivity (Wildman–Crippen MR) is 176 cm³/mol. The van der Waals surface area contributed by atoms with Crippen molar-refractivity contribution >= 4 is 63.2 Å². The minimum Gasteiger partial charge on any atom is -0.389 e. The van der Waals surface area contributed by atoms with Crippen molar-refractivity contribution in [2.24, 2.45) is 5.92 Å². The Labute approximate surface area is 264 Å². The topological polar surface area (TPSA) is 119 Å². The van der Waals surface area contributed by atoms with Crippen LogP contribution in [-0.2, 0) is 11.2 Å². The molecule has 4 aromatic rings. The van der Waals surface area contributed by atoms with Gasteiger partial charge in [0, 0.05) is 42.9 Å². The van der Waals surface area contributed by atoms with Gasteiger partial charge in [0.15, 0.2) is 0 Å². The average Bonchev–Trinajstić information content (AvgIpc) is 3.87. The maximum Gasteiger partial charge on any atom is 0.253 e. The molecule has 43 heavy (non-hydrogen) atoms. The number of amides is 2. The summed E-state index contributed by atoms with van der Waals surface area (Å²) in [6.07, 6.45) is 5.28. The summed E-state index contributed by atoms with van der Waals surface area (Å²) in [6.45, 7) is 1.03. The van der Waals surface area contributed by atoms with Crippen LogP contribution in [0.4, 0.5) is 28.8 Å². The Balaban J connectivity index is 1.07. The molecule has 9 nitrogen and oxygen atoms in total. The highest BCUT2D eigenvalue weighted by atomic mass is 127. The highest BCUT2D eigenvalue weighted by Crippen LogP contribution is 2.33. The van der Waals surface area contributed by atoms with Gasteiger partial charge in [-0.1, -0.05) is 42.5 Å². The molecule has 2 fully saturated rings. The molecule has 1 saturated heterocycles. The van der Waals surface area contributed by atoms with Gasteiger partial charge in [-0.25, -0.2) is 4.98 Å². The molecule has 0 spiro atoms. The lowest BCUT2D eigenvalue weighted by Gasteiger charge is -2.38. The molecule has 1 saturated carbocycles. The van der Waals surface area contributed by atoms with Gasteiger partial charge in [-0.2, -0.15) is 4.98 Å². The van der Waals surface area contributed by atoms with Crippen molar-refractivity contribution in [3.63, 3.8) is 0 Å². The molecule has 6 rings (SSSR count). The van der Waals surface area contributed by atoms with Gasteiger partial charge in [-0.3, -0.25) is 9.59 Å². The number of anilines is 5. The van der Waals surface area contributed by atoms with Crippen LogP contribution in [-0.4, -0.2) is 50.5 Å². The molecule has 10 heteroatoms. The van der Waals surface area contributed by atoms with Crippen molar-refractivity contribution in [2.45, 2.75) is 37.7 Å². The van der Waals surface area contributed by atoms with Crippen molar-refractivity contribution in [3.05, 3.63) is 99.8 Å². The lowest BCUT2D eigenvalue weighted by molar-refractivity contribution is -0.117. The lowest BCUT2D eigenvalue weighted by atomic mass is 9.85. The average molecular weight is 689 g/mol. The number of aliphatic hydroxyl groups is 1. The summed E-state index contributed by atoms with van der Waals surface area (Å²) in [6, 6.07) is 24.8. The van der Waals surface area contributed by atoms with E-state index in [0.717, 1.165) is 33.4 Å². The number of carbonyl (C=O) groups excluding carboxylic acids is 2. The molecule has 2 heterocycles. The van der Waals surface area contributed by atoms with Crippen LogP contribution >= 0.6 is 22.6 Å². The largest absolute Gasteiger partial charge is 0.389 e. The smallest absolute Gasteiger partial charge is 0.253 e.